The van der Waals surface area contributed by atoms with E-state index in [4.69, 9.17) is 0 Å². The molecule has 2 heterocycles. The second-order valence-electron chi connectivity index (χ2n) is 6.73. The number of hydrogen-bond donors (Lipinski definition) is 1. The quantitative estimate of drug-likeness (QED) is 0.926. The van der Waals surface area contributed by atoms with E-state index in [9.17, 15) is 5.11 Å². The van der Waals surface area contributed by atoms with E-state index >= 15 is 0 Å². The van der Waals surface area contributed by atoms with Gasteiger partial charge in [-0.15, -0.1) is 11.3 Å². The van der Waals surface area contributed by atoms with Gasteiger partial charge >= 0.3 is 0 Å². The highest BCUT2D eigenvalue weighted by molar-refractivity contribution is 7.09. The summed E-state index contributed by atoms with van der Waals surface area (Å²) in [6.45, 7) is 4.47. The van der Waals surface area contributed by atoms with Crippen LogP contribution in [0.25, 0.3) is 0 Å². The molecule has 0 bridgehead atoms. The molecule has 4 heteroatoms. The lowest BCUT2D eigenvalue weighted by Crippen LogP contribution is -2.49. The van der Waals surface area contributed by atoms with Gasteiger partial charge < -0.3 is 5.11 Å². The van der Waals surface area contributed by atoms with Gasteiger partial charge in [0, 0.05) is 23.4 Å². The SMILES string of the molecule is Cc1ncsc1CCN1CCCCC1C1CCCCC1O. The molecule has 1 aliphatic carbocycles. The Morgan fingerprint density at radius 1 is 1.24 bits per heavy atom. The number of aliphatic hydroxyl groups is 1. The largest absolute Gasteiger partial charge is 0.393 e. The predicted octanol–water partition coefficient (Wildman–Crippen LogP) is 3.40. The molecule has 3 atom stereocenters. The number of rotatable bonds is 4. The number of hydrogen-bond acceptors (Lipinski definition) is 4. The van der Waals surface area contributed by atoms with Crippen LogP contribution in [0.5, 0.6) is 0 Å². The molecule has 0 aromatic carbocycles. The summed E-state index contributed by atoms with van der Waals surface area (Å²) < 4.78 is 0. The molecule has 0 amide bonds. The van der Waals surface area contributed by atoms with Crippen LogP contribution >= 0.6 is 11.3 Å². The molecule has 3 rings (SSSR count). The molecule has 118 valence electrons. The van der Waals surface area contributed by atoms with E-state index in [2.05, 4.69) is 16.8 Å². The summed E-state index contributed by atoms with van der Waals surface area (Å²) in [5.41, 5.74) is 3.16. The normalized spacial score (nSPS) is 31.4. The van der Waals surface area contributed by atoms with E-state index < -0.39 is 0 Å². The molecule has 1 aliphatic heterocycles. The van der Waals surface area contributed by atoms with Gasteiger partial charge in [0.2, 0.25) is 0 Å². The maximum Gasteiger partial charge on any atom is 0.0797 e. The van der Waals surface area contributed by atoms with Crippen LogP contribution in [0.2, 0.25) is 0 Å². The Morgan fingerprint density at radius 2 is 2.05 bits per heavy atom. The zero-order valence-electron chi connectivity index (χ0n) is 13.1. The van der Waals surface area contributed by atoms with Crippen molar-refractivity contribution in [2.75, 3.05) is 13.1 Å². The highest BCUT2D eigenvalue weighted by Gasteiger charge is 2.35. The third-order valence-electron chi connectivity index (χ3n) is 5.41. The summed E-state index contributed by atoms with van der Waals surface area (Å²) in [5.74, 6) is 0.515. The van der Waals surface area contributed by atoms with Crippen molar-refractivity contribution in [3.8, 4) is 0 Å². The van der Waals surface area contributed by atoms with Crippen molar-refractivity contribution in [1.82, 2.24) is 9.88 Å². The predicted molar refractivity (Wildman–Crippen MR) is 87.7 cm³/mol. The first kappa shape index (κ1) is 15.4. The molecule has 21 heavy (non-hydrogen) atoms. The molecular formula is C17H28N2OS. The monoisotopic (exact) mass is 308 g/mol. The molecule has 1 aromatic rings. The first-order valence-corrected chi connectivity index (χ1v) is 9.45. The molecule has 3 nitrogen and oxygen atoms in total. The zero-order chi connectivity index (χ0) is 14.7. The van der Waals surface area contributed by atoms with Crippen molar-refractivity contribution in [1.29, 1.82) is 0 Å². The fraction of sp³-hybridized carbons (Fsp3) is 0.824. The van der Waals surface area contributed by atoms with E-state index in [1.165, 1.54) is 55.6 Å². The topological polar surface area (TPSA) is 36.4 Å². The number of likely N-dealkylation sites (tertiary alicyclic amines) is 1. The van der Waals surface area contributed by atoms with Gasteiger partial charge in [-0.05, 0) is 45.6 Å². The lowest BCUT2D eigenvalue weighted by molar-refractivity contribution is -0.00504. The van der Waals surface area contributed by atoms with E-state index in [1.54, 1.807) is 11.3 Å². The molecule has 1 N–H and O–H groups in total. The Balaban J connectivity index is 1.62. The van der Waals surface area contributed by atoms with Gasteiger partial charge in [-0.3, -0.25) is 4.90 Å². The van der Waals surface area contributed by atoms with Gasteiger partial charge in [0.25, 0.3) is 0 Å². The summed E-state index contributed by atoms with van der Waals surface area (Å²) in [6.07, 6.45) is 9.76. The molecule has 2 aliphatic rings. The van der Waals surface area contributed by atoms with Crippen LogP contribution in [0.1, 0.15) is 55.5 Å². The van der Waals surface area contributed by atoms with Gasteiger partial charge in [0.15, 0.2) is 0 Å². The highest BCUT2D eigenvalue weighted by atomic mass is 32.1. The van der Waals surface area contributed by atoms with Crippen LogP contribution in [0.4, 0.5) is 0 Å². The van der Waals surface area contributed by atoms with Crippen LogP contribution in [-0.2, 0) is 6.42 Å². The second-order valence-corrected chi connectivity index (χ2v) is 7.67. The second kappa shape index (κ2) is 7.21. The smallest absolute Gasteiger partial charge is 0.0797 e. The standard InChI is InChI=1S/C17H28N2OS/c1-13-17(21-12-18-13)9-11-19-10-5-4-7-15(19)14-6-2-3-8-16(14)20/h12,14-16,20H,2-11H2,1H3. The molecular weight excluding hydrogens is 280 g/mol. The summed E-state index contributed by atoms with van der Waals surface area (Å²) in [6, 6.07) is 0.613. The highest BCUT2D eigenvalue weighted by Crippen LogP contribution is 2.34. The maximum atomic E-state index is 10.4. The van der Waals surface area contributed by atoms with Crippen molar-refractivity contribution < 1.29 is 5.11 Å². The Morgan fingerprint density at radius 3 is 2.81 bits per heavy atom. The average Bonchev–Trinajstić information content (AvgIpc) is 2.91. The van der Waals surface area contributed by atoms with Crippen LogP contribution < -0.4 is 0 Å². The lowest BCUT2D eigenvalue weighted by atomic mass is 9.78. The molecule has 0 radical (unpaired) electrons. The summed E-state index contributed by atoms with van der Waals surface area (Å²) >= 11 is 1.79. The third kappa shape index (κ3) is 3.66. The molecule has 1 aromatic heterocycles. The number of nitrogens with zero attached hydrogens (tertiary/aromatic N) is 2. The van der Waals surface area contributed by atoms with Crippen LogP contribution in [-0.4, -0.2) is 40.2 Å². The van der Waals surface area contributed by atoms with Crippen molar-refractivity contribution in [2.45, 2.75) is 70.4 Å². The fourth-order valence-electron chi connectivity index (χ4n) is 4.18. The number of aliphatic hydroxyl groups excluding tert-OH is 1. The lowest BCUT2D eigenvalue weighted by Gasteiger charge is -2.43. The van der Waals surface area contributed by atoms with Crippen molar-refractivity contribution >= 4 is 11.3 Å². The summed E-state index contributed by atoms with van der Waals surface area (Å²) in [4.78, 5) is 8.46. The Bertz CT molecular complexity index is 448. The van der Waals surface area contributed by atoms with Crippen molar-refractivity contribution in [3.05, 3.63) is 16.1 Å². The Labute approximate surface area is 132 Å². The Kier molecular flexibility index (Phi) is 5.30. The van der Waals surface area contributed by atoms with Crippen LogP contribution in [0.15, 0.2) is 5.51 Å². The van der Waals surface area contributed by atoms with Crippen LogP contribution in [0, 0.1) is 12.8 Å². The molecule has 2 fully saturated rings. The third-order valence-corrected chi connectivity index (χ3v) is 6.41. The summed E-state index contributed by atoms with van der Waals surface area (Å²) in [7, 11) is 0. The summed E-state index contributed by atoms with van der Waals surface area (Å²) in [5, 5.41) is 10.4. The van der Waals surface area contributed by atoms with Gasteiger partial charge in [0.1, 0.15) is 0 Å². The molecule has 1 saturated carbocycles. The molecule has 0 spiro atoms. The molecule has 3 unspecified atom stereocenters. The van der Waals surface area contributed by atoms with E-state index in [0.29, 0.717) is 12.0 Å². The fourth-order valence-corrected chi connectivity index (χ4v) is 4.95. The van der Waals surface area contributed by atoms with E-state index in [1.807, 2.05) is 5.51 Å². The first-order valence-electron chi connectivity index (χ1n) is 8.57. The minimum Gasteiger partial charge on any atom is -0.393 e. The van der Waals surface area contributed by atoms with Crippen LogP contribution in [0.3, 0.4) is 0 Å². The zero-order valence-corrected chi connectivity index (χ0v) is 13.9. The van der Waals surface area contributed by atoms with Gasteiger partial charge in [-0.1, -0.05) is 19.3 Å². The maximum absolute atomic E-state index is 10.4. The Hall–Kier alpha value is -0.450. The number of thiazole rings is 1. The number of aryl methyl sites for hydroxylation is 1. The van der Waals surface area contributed by atoms with Gasteiger partial charge in [0.05, 0.1) is 17.3 Å². The van der Waals surface area contributed by atoms with E-state index in [0.717, 1.165) is 19.4 Å². The minimum atomic E-state index is -0.0607. The number of aromatic nitrogens is 1. The van der Waals surface area contributed by atoms with Gasteiger partial charge in [-0.25, -0.2) is 4.98 Å². The first-order chi connectivity index (χ1) is 10.3. The van der Waals surface area contributed by atoms with Crippen molar-refractivity contribution in [2.24, 2.45) is 5.92 Å². The van der Waals surface area contributed by atoms with Gasteiger partial charge in [-0.2, -0.15) is 0 Å². The average molecular weight is 308 g/mol. The van der Waals surface area contributed by atoms with E-state index in [-0.39, 0.29) is 6.10 Å². The van der Waals surface area contributed by atoms with Crippen molar-refractivity contribution in [3.63, 3.8) is 0 Å². The minimum absolute atomic E-state index is 0.0607. The molecule has 1 saturated heterocycles. The number of piperidine rings is 1.